The van der Waals surface area contributed by atoms with Gasteiger partial charge in [0.25, 0.3) is 6.43 Å². The first-order valence-corrected chi connectivity index (χ1v) is 4.78. The van der Waals surface area contributed by atoms with Crippen LogP contribution in [0, 0.1) is 13.8 Å². The van der Waals surface area contributed by atoms with Crippen molar-refractivity contribution in [1.82, 2.24) is 4.98 Å². The van der Waals surface area contributed by atoms with Gasteiger partial charge in [0.2, 0.25) is 3.70 Å². The molecular formula is C7H5F2IN2O3. The first kappa shape index (κ1) is 12.2. The smallest absolute Gasteiger partial charge is 0.364 e. The topological polar surface area (TPSA) is 76.3 Å². The van der Waals surface area contributed by atoms with Gasteiger partial charge in [0.1, 0.15) is 0 Å². The minimum Gasteiger partial charge on any atom is -0.392 e. The summed E-state index contributed by atoms with van der Waals surface area (Å²) in [5.74, 6) is -0.548. The van der Waals surface area contributed by atoms with Gasteiger partial charge in [-0.25, -0.2) is 8.78 Å². The Morgan fingerprint density at radius 2 is 2.27 bits per heavy atom. The number of hydrogen-bond acceptors (Lipinski definition) is 4. The Balaban J connectivity index is 3.37. The van der Waals surface area contributed by atoms with Gasteiger partial charge in [-0.05, 0) is 15.5 Å². The molecule has 0 atom stereocenters. The lowest BCUT2D eigenvalue weighted by Crippen LogP contribution is -2.04. The monoisotopic (exact) mass is 330 g/mol. The van der Waals surface area contributed by atoms with Crippen molar-refractivity contribution >= 4 is 28.4 Å². The highest BCUT2D eigenvalue weighted by atomic mass is 127. The molecule has 0 saturated heterocycles. The first-order valence-electron chi connectivity index (χ1n) is 3.70. The van der Waals surface area contributed by atoms with E-state index in [-0.39, 0.29) is 9.26 Å². The molecule has 8 heteroatoms. The Bertz CT molecular complexity index is 400. The van der Waals surface area contributed by atoms with Crippen LogP contribution in [0.2, 0.25) is 0 Å². The molecule has 0 aliphatic heterocycles. The van der Waals surface area contributed by atoms with Crippen LogP contribution in [0.15, 0.2) is 6.07 Å². The van der Waals surface area contributed by atoms with E-state index >= 15 is 0 Å². The number of nitro groups is 1. The van der Waals surface area contributed by atoms with Gasteiger partial charge >= 0.3 is 5.82 Å². The zero-order valence-electron chi connectivity index (χ0n) is 7.15. The van der Waals surface area contributed by atoms with Crippen LogP contribution in [0.3, 0.4) is 0 Å². The summed E-state index contributed by atoms with van der Waals surface area (Å²) in [4.78, 5) is 13.0. The second kappa shape index (κ2) is 4.75. The van der Waals surface area contributed by atoms with Crippen LogP contribution in [0.4, 0.5) is 14.6 Å². The molecule has 0 spiro atoms. The minimum atomic E-state index is -2.81. The number of aliphatic hydroxyl groups excluding tert-OH is 1. The second-order valence-corrected chi connectivity index (χ2v) is 3.58. The molecule has 0 aromatic carbocycles. The average Bonchev–Trinajstić information content (AvgIpc) is 2.15. The average molecular weight is 330 g/mol. The van der Waals surface area contributed by atoms with E-state index in [1.54, 1.807) is 0 Å². The number of pyridine rings is 1. The zero-order valence-corrected chi connectivity index (χ0v) is 9.31. The number of aliphatic hydroxyl groups is 1. The third-order valence-corrected chi connectivity index (χ3v) is 2.48. The summed E-state index contributed by atoms with van der Waals surface area (Å²) < 4.78 is 24.8. The van der Waals surface area contributed by atoms with Crippen molar-refractivity contribution in [1.29, 1.82) is 0 Å². The zero-order chi connectivity index (χ0) is 11.6. The molecule has 5 nitrogen and oxygen atoms in total. The van der Waals surface area contributed by atoms with E-state index in [0.29, 0.717) is 0 Å². The summed E-state index contributed by atoms with van der Waals surface area (Å²) in [5.41, 5.74) is -0.625. The molecule has 1 aromatic rings. The maximum atomic E-state index is 12.5. The van der Waals surface area contributed by atoms with E-state index in [0.717, 1.165) is 6.07 Å². The molecule has 1 rings (SSSR count). The number of aromatic nitrogens is 1. The molecule has 0 amide bonds. The van der Waals surface area contributed by atoms with Gasteiger partial charge < -0.3 is 15.2 Å². The highest BCUT2D eigenvalue weighted by Gasteiger charge is 2.24. The SMILES string of the molecule is O=[N+]([O-])c1cc(CO)c(C(F)F)c(I)n1. The minimum absolute atomic E-state index is 0.166. The van der Waals surface area contributed by atoms with Crippen LogP contribution >= 0.6 is 22.6 Å². The molecule has 15 heavy (non-hydrogen) atoms. The van der Waals surface area contributed by atoms with Gasteiger partial charge in [-0.2, -0.15) is 0 Å². The number of rotatable bonds is 3. The van der Waals surface area contributed by atoms with E-state index in [1.165, 1.54) is 22.6 Å². The van der Waals surface area contributed by atoms with E-state index in [1.807, 2.05) is 0 Å². The fourth-order valence-electron chi connectivity index (χ4n) is 1.01. The second-order valence-electron chi connectivity index (χ2n) is 2.56. The molecule has 0 unspecified atom stereocenters. The number of halogens is 3. The van der Waals surface area contributed by atoms with Crippen molar-refractivity contribution in [3.63, 3.8) is 0 Å². The maximum absolute atomic E-state index is 12.5. The summed E-state index contributed by atoms with van der Waals surface area (Å²) in [7, 11) is 0. The van der Waals surface area contributed by atoms with Crippen LogP contribution in [0.1, 0.15) is 17.6 Å². The summed E-state index contributed by atoms with van der Waals surface area (Å²) in [6.45, 7) is -0.682. The van der Waals surface area contributed by atoms with Crippen molar-refractivity contribution in [3.8, 4) is 0 Å². The number of alkyl halides is 2. The van der Waals surface area contributed by atoms with E-state index in [4.69, 9.17) is 5.11 Å². The molecule has 0 fully saturated rings. The number of hydrogen-bond donors (Lipinski definition) is 1. The summed E-state index contributed by atoms with van der Waals surface area (Å²) in [6.07, 6.45) is -2.81. The summed E-state index contributed by atoms with van der Waals surface area (Å²) in [5, 5.41) is 19.2. The van der Waals surface area contributed by atoms with Gasteiger partial charge in [0.05, 0.1) is 12.2 Å². The molecule has 1 N–H and O–H groups in total. The highest BCUT2D eigenvalue weighted by molar-refractivity contribution is 14.1. The van der Waals surface area contributed by atoms with Gasteiger partial charge in [-0.3, -0.25) is 0 Å². The van der Waals surface area contributed by atoms with Crippen LogP contribution in [-0.2, 0) is 6.61 Å². The van der Waals surface area contributed by atoms with Crippen LogP contribution in [0.5, 0.6) is 0 Å². The summed E-state index contributed by atoms with van der Waals surface area (Å²) in [6, 6.07) is 0.851. The highest BCUT2D eigenvalue weighted by Crippen LogP contribution is 2.29. The molecule has 0 aliphatic carbocycles. The van der Waals surface area contributed by atoms with Crippen LogP contribution < -0.4 is 0 Å². The van der Waals surface area contributed by atoms with E-state index in [2.05, 4.69) is 4.98 Å². The molecule has 0 aliphatic rings. The van der Waals surface area contributed by atoms with Crippen molar-refractivity contribution in [2.45, 2.75) is 13.0 Å². The predicted molar refractivity (Wildman–Crippen MR) is 54.5 cm³/mol. The third-order valence-electron chi connectivity index (χ3n) is 1.66. The lowest BCUT2D eigenvalue weighted by Gasteiger charge is -2.05. The molecule has 82 valence electrons. The Morgan fingerprint density at radius 3 is 2.67 bits per heavy atom. The quantitative estimate of drug-likeness (QED) is 0.398. The summed E-state index contributed by atoms with van der Waals surface area (Å²) >= 11 is 1.48. The molecule has 1 heterocycles. The van der Waals surface area contributed by atoms with Crippen molar-refractivity contribution in [2.24, 2.45) is 0 Å². The van der Waals surface area contributed by atoms with Crippen molar-refractivity contribution in [2.75, 3.05) is 0 Å². The lowest BCUT2D eigenvalue weighted by molar-refractivity contribution is -0.389. The third kappa shape index (κ3) is 2.56. The van der Waals surface area contributed by atoms with Crippen molar-refractivity contribution in [3.05, 3.63) is 31.0 Å². The molecular weight excluding hydrogens is 325 g/mol. The van der Waals surface area contributed by atoms with Gasteiger partial charge in [-0.15, -0.1) is 0 Å². The van der Waals surface area contributed by atoms with Gasteiger partial charge in [-0.1, -0.05) is 0 Å². The standard InChI is InChI=1S/C7H5F2IN2O3/c8-6(9)5-3(2-13)1-4(12(14)15)11-7(5)10/h1,6,13H,2H2. The molecule has 1 aromatic heterocycles. The van der Waals surface area contributed by atoms with E-state index in [9.17, 15) is 18.9 Å². The van der Waals surface area contributed by atoms with Gasteiger partial charge in [0.15, 0.2) is 0 Å². The molecule has 0 saturated carbocycles. The number of nitrogens with zero attached hydrogens (tertiary/aromatic N) is 2. The Hall–Kier alpha value is -0.900. The Morgan fingerprint density at radius 1 is 1.67 bits per heavy atom. The normalized spacial score (nSPS) is 10.7. The van der Waals surface area contributed by atoms with Crippen molar-refractivity contribution < 1.29 is 18.8 Å². The predicted octanol–water partition coefficient (Wildman–Crippen LogP) is 2.02. The fraction of sp³-hybridized carbons (Fsp3) is 0.286. The molecule has 0 radical (unpaired) electrons. The Labute approximate surface area is 96.4 Å². The Kier molecular flexibility index (Phi) is 3.85. The first-order chi connectivity index (χ1) is 6.97. The fourth-order valence-corrected chi connectivity index (χ4v) is 1.84. The van der Waals surface area contributed by atoms with Crippen LogP contribution in [-0.4, -0.2) is 15.0 Å². The molecule has 0 bridgehead atoms. The lowest BCUT2D eigenvalue weighted by atomic mass is 10.1. The van der Waals surface area contributed by atoms with E-state index < -0.39 is 29.3 Å². The largest absolute Gasteiger partial charge is 0.392 e. The van der Waals surface area contributed by atoms with Gasteiger partial charge in [0, 0.05) is 28.7 Å². The van der Waals surface area contributed by atoms with Crippen LogP contribution in [0.25, 0.3) is 0 Å². The maximum Gasteiger partial charge on any atom is 0.364 e.